The third-order valence-corrected chi connectivity index (χ3v) is 2.68. The number of nitro groups is 1. The molecule has 0 fully saturated rings. The Kier molecular flexibility index (Phi) is 6.10. The van der Waals surface area contributed by atoms with Gasteiger partial charge in [0.15, 0.2) is 0 Å². The number of nitrogens with zero attached hydrogens (tertiary/aromatic N) is 3. The molecule has 0 saturated heterocycles. The van der Waals surface area contributed by atoms with E-state index in [1.54, 1.807) is 0 Å². The number of amides is 1. The normalized spacial score (nSPS) is 12.4. The summed E-state index contributed by atoms with van der Waals surface area (Å²) in [4.78, 5) is 25.0. The standard InChI is InChI=1S/C12H20N4O4/c1-9(2)5-10(17)6-13-12(18)3-4-15-7-11(14-8-15)16(19)20/h7-10,17H,3-6H2,1-2H3,(H,13,18). The number of hydrogen-bond acceptors (Lipinski definition) is 5. The number of imidazole rings is 1. The molecular formula is C12H20N4O4. The minimum absolute atomic E-state index is 0.182. The zero-order valence-corrected chi connectivity index (χ0v) is 11.7. The van der Waals surface area contributed by atoms with E-state index in [0.717, 1.165) is 0 Å². The van der Waals surface area contributed by atoms with Crippen molar-refractivity contribution in [2.45, 2.75) is 39.3 Å². The molecule has 0 spiro atoms. The molecule has 0 aliphatic rings. The van der Waals surface area contributed by atoms with Crippen LogP contribution in [0.1, 0.15) is 26.7 Å². The number of hydrogen-bond donors (Lipinski definition) is 2. The lowest BCUT2D eigenvalue weighted by molar-refractivity contribution is -0.389. The number of aliphatic hydroxyl groups excluding tert-OH is 1. The Balaban J connectivity index is 2.27. The first-order chi connectivity index (χ1) is 9.38. The molecule has 2 N–H and O–H groups in total. The van der Waals surface area contributed by atoms with Crippen molar-refractivity contribution in [2.24, 2.45) is 5.92 Å². The van der Waals surface area contributed by atoms with Crippen LogP contribution in [0.3, 0.4) is 0 Å². The monoisotopic (exact) mass is 284 g/mol. The highest BCUT2D eigenvalue weighted by Gasteiger charge is 2.12. The van der Waals surface area contributed by atoms with Gasteiger partial charge >= 0.3 is 5.82 Å². The number of rotatable bonds is 8. The minimum Gasteiger partial charge on any atom is -0.391 e. The molecule has 0 aromatic carbocycles. The summed E-state index contributed by atoms with van der Waals surface area (Å²) < 4.78 is 1.49. The van der Waals surface area contributed by atoms with Crippen LogP contribution in [-0.4, -0.2) is 38.1 Å². The molecule has 8 heteroatoms. The Bertz CT molecular complexity index is 458. The summed E-state index contributed by atoms with van der Waals surface area (Å²) >= 11 is 0. The van der Waals surface area contributed by atoms with Crippen molar-refractivity contribution >= 4 is 11.7 Å². The third kappa shape index (κ3) is 5.79. The molecule has 1 rings (SSSR count). The summed E-state index contributed by atoms with van der Waals surface area (Å²) in [6.45, 7) is 4.53. The largest absolute Gasteiger partial charge is 0.391 e. The molecule has 1 amide bonds. The maximum absolute atomic E-state index is 11.6. The van der Waals surface area contributed by atoms with Crippen LogP contribution in [0.2, 0.25) is 0 Å². The third-order valence-electron chi connectivity index (χ3n) is 2.68. The number of carbonyl (C=O) groups is 1. The Morgan fingerprint density at radius 3 is 2.85 bits per heavy atom. The van der Waals surface area contributed by atoms with E-state index in [4.69, 9.17) is 0 Å². The van der Waals surface area contributed by atoms with Gasteiger partial charge in [-0.3, -0.25) is 4.79 Å². The van der Waals surface area contributed by atoms with Crippen LogP contribution in [-0.2, 0) is 11.3 Å². The van der Waals surface area contributed by atoms with E-state index >= 15 is 0 Å². The second kappa shape index (κ2) is 7.59. The van der Waals surface area contributed by atoms with Crippen molar-refractivity contribution in [2.75, 3.05) is 6.54 Å². The van der Waals surface area contributed by atoms with Crippen LogP contribution in [0.15, 0.2) is 12.5 Å². The molecule has 20 heavy (non-hydrogen) atoms. The van der Waals surface area contributed by atoms with Gasteiger partial charge in [0, 0.05) is 19.5 Å². The molecule has 1 heterocycles. The van der Waals surface area contributed by atoms with E-state index < -0.39 is 11.0 Å². The Labute approximate surface area is 117 Å². The van der Waals surface area contributed by atoms with Gasteiger partial charge in [0.1, 0.15) is 6.20 Å². The number of carbonyl (C=O) groups excluding carboxylic acids is 1. The van der Waals surface area contributed by atoms with Crippen LogP contribution in [0, 0.1) is 16.0 Å². The highest BCUT2D eigenvalue weighted by molar-refractivity contribution is 5.75. The van der Waals surface area contributed by atoms with E-state index in [-0.39, 0.29) is 24.7 Å². The van der Waals surface area contributed by atoms with Crippen molar-refractivity contribution in [1.29, 1.82) is 0 Å². The van der Waals surface area contributed by atoms with Crippen molar-refractivity contribution in [3.8, 4) is 0 Å². The molecule has 8 nitrogen and oxygen atoms in total. The SMILES string of the molecule is CC(C)CC(O)CNC(=O)CCn1cnc([N+](=O)[O-])c1. The number of nitrogens with one attached hydrogen (secondary N) is 1. The van der Waals surface area contributed by atoms with Crippen LogP contribution < -0.4 is 5.32 Å². The summed E-state index contributed by atoms with van der Waals surface area (Å²) in [5.74, 6) is -0.0738. The van der Waals surface area contributed by atoms with E-state index in [2.05, 4.69) is 10.3 Å². The average molecular weight is 284 g/mol. The number of aromatic nitrogens is 2. The second-order valence-electron chi connectivity index (χ2n) is 5.06. The molecular weight excluding hydrogens is 264 g/mol. The van der Waals surface area contributed by atoms with Crippen LogP contribution >= 0.6 is 0 Å². The molecule has 0 aliphatic heterocycles. The maximum Gasteiger partial charge on any atom is 0.381 e. The van der Waals surface area contributed by atoms with Gasteiger partial charge in [-0.1, -0.05) is 13.8 Å². The Hall–Kier alpha value is -1.96. The predicted octanol–water partition coefficient (Wildman–Crippen LogP) is 0.705. The summed E-state index contributed by atoms with van der Waals surface area (Å²) in [6.07, 6.45) is 2.86. The number of aliphatic hydroxyl groups is 1. The fourth-order valence-electron chi connectivity index (χ4n) is 1.74. The molecule has 1 atom stereocenters. The molecule has 1 aromatic rings. The van der Waals surface area contributed by atoms with Crippen molar-refractivity contribution < 1.29 is 14.8 Å². The average Bonchev–Trinajstić information content (AvgIpc) is 2.82. The first kappa shape index (κ1) is 16.1. The second-order valence-corrected chi connectivity index (χ2v) is 5.06. The van der Waals surface area contributed by atoms with Crippen molar-refractivity contribution in [3.05, 3.63) is 22.6 Å². The Morgan fingerprint density at radius 1 is 1.60 bits per heavy atom. The lowest BCUT2D eigenvalue weighted by Gasteiger charge is -2.13. The molecule has 0 radical (unpaired) electrons. The van der Waals surface area contributed by atoms with Gasteiger partial charge in [0.05, 0.1) is 6.10 Å². The van der Waals surface area contributed by atoms with E-state index in [1.807, 2.05) is 13.8 Å². The zero-order valence-electron chi connectivity index (χ0n) is 11.7. The van der Waals surface area contributed by atoms with E-state index in [1.165, 1.54) is 17.1 Å². The molecule has 0 saturated carbocycles. The molecule has 0 bridgehead atoms. The maximum atomic E-state index is 11.6. The lowest BCUT2D eigenvalue weighted by atomic mass is 10.1. The van der Waals surface area contributed by atoms with Gasteiger partial charge in [-0.05, 0) is 22.2 Å². The lowest BCUT2D eigenvalue weighted by Crippen LogP contribution is -2.33. The van der Waals surface area contributed by atoms with Gasteiger partial charge < -0.3 is 25.1 Å². The van der Waals surface area contributed by atoms with Gasteiger partial charge in [-0.25, -0.2) is 0 Å². The van der Waals surface area contributed by atoms with Crippen LogP contribution in [0.4, 0.5) is 5.82 Å². The fraction of sp³-hybridized carbons (Fsp3) is 0.667. The molecule has 112 valence electrons. The van der Waals surface area contributed by atoms with Crippen molar-refractivity contribution in [3.63, 3.8) is 0 Å². The van der Waals surface area contributed by atoms with Gasteiger partial charge in [-0.15, -0.1) is 0 Å². The summed E-state index contributed by atoms with van der Waals surface area (Å²) in [5, 5.41) is 22.7. The number of aryl methyl sites for hydroxylation is 1. The topological polar surface area (TPSA) is 110 Å². The van der Waals surface area contributed by atoms with Gasteiger partial charge in [0.2, 0.25) is 12.2 Å². The summed E-state index contributed by atoms with van der Waals surface area (Å²) in [5.41, 5.74) is 0. The fourth-order valence-corrected chi connectivity index (χ4v) is 1.74. The predicted molar refractivity (Wildman–Crippen MR) is 72.0 cm³/mol. The van der Waals surface area contributed by atoms with E-state index in [0.29, 0.717) is 18.9 Å². The van der Waals surface area contributed by atoms with Crippen molar-refractivity contribution in [1.82, 2.24) is 14.9 Å². The van der Waals surface area contributed by atoms with Crippen LogP contribution in [0.25, 0.3) is 0 Å². The van der Waals surface area contributed by atoms with Gasteiger partial charge in [-0.2, -0.15) is 0 Å². The van der Waals surface area contributed by atoms with E-state index in [9.17, 15) is 20.0 Å². The molecule has 1 aromatic heterocycles. The van der Waals surface area contributed by atoms with Crippen LogP contribution in [0.5, 0.6) is 0 Å². The first-order valence-corrected chi connectivity index (χ1v) is 6.49. The smallest absolute Gasteiger partial charge is 0.381 e. The quantitative estimate of drug-likeness (QED) is 0.539. The Morgan fingerprint density at radius 2 is 2.30 bits per heavy atom. The highest BCUT2D eigenvalue weighted by Crippen LogP contribution is 2.06. The molecule has 0 aliphatic carbocycles. The zero-order chi connectivity index (χ0) is 15.1. The summed E-state index contributed by atoms with van der Waals surface area (Å²) in [6, 6.07) is 0. The highest BCUT2D eigenvalue weighted by atomic mass is 16.6. The first-order valence-electron chi connectivity index (χ1n) is 6.49. The molecule has 1 unspecified atom stereocenters. The summed E-state index contributed by atoms with van der Waals surface area (Å²) in [7, 11) is 0. The minimum atomic E-state index is -0.584. The van der Waals surface area contributed by atoms with Gasteiger partial charge in [0.25, 0.3) is 0 Å².